The van der Waals surface area contributed by atoms with E-state index in [9.17, 15) is 4.79 Å². The summed E-state index contributed by atoms with van der Waals surface area (Å²) in [6.45, 7) is 6.19. The van der Waals surface area contributed by atoms with Crippen LogP contribution in [-0.2, 0) is 10.5 Å². The molecule has 0 aliphatic carbocycles. The molecule has 2 aromatic rings. The zero-order chi connectivity index (χ0) is 15.9. The largest absolute Gasteiger partial charge is 0.349 e. The molecular formula is C19H23NOS. The number of amides is 1. The van der Waals surface area contributed by atoms with Gasteiger partial charge in [-0.05, 0) is 37.5 Å². The summed E-state index contributed by atoms with van der Waals surface area (Å²) in [7, 11) is 0. The number of aryl methyl sites for hydroxylation is 2. The van der Waals surface area contributed by atoms with Crippen LogP contribution in [-0.4, -0.2) is 11.7 Å². The van der Waals surface area contributed by atoms with Gasteiger partial charge in [-0.2, -0.15) is 0 Å². The molecule has 0 aliphatic rings. The molecular weight excluding hydrogens is 290 g/mol. The van der Waals surface area contributed by atoms with Crippen molar-refractivity contribution in [2.24, 2.45) is 0 Å². The van der Waals surface area contributed by atoms with E-state index in [1.807, 2.05) is 19.1 Å². The average molecular weight is 313 g/mol. The van der Waals surface area contributed by atoms with Gasteiger partial charge in [-0.1, -0.05) is 54.1 Å². The average Bonchev–Trinajstić information content (AvgIpc) is 2.50. The fourth-order valence-electron chi connectivity index (χ4n) is 2.25. The van der Waals surface area contributed by atoms with Crippen molar-refractivity contribution in [3.8, 4) is 0 Å². The second kappa shape index (κ2) is 8.04. The van der Waals surface area contributed by atoms with Gasteiger partial charge in [0.05, 0.1) is 11.8 Å². The van der Waals surface area contributed by atoms with Gasteiger partial charge in [0.25, 0.3) is 0 Å². The lowest BCUT2D eigenvalue weighted by Crippen LogP contribution is -2.28. The molecule has 0 heterocycles. The topological polar surface area (TPSA) is 29.1 Å². The van der Waals surface area contributed by atoms with Crippen LogP contribution in [0.5, 0.6) is 0 Å². The lowest BCUT2D eigenvalue weighted by Gasteiger charge is -2.14. The zero-order valence-electron chi connectivity index (χ0n) is 13.4. The number of carbonyl (C=O) groups excluding carboxylic acids is 1. The van der Waals surface area contributed by atoms with E-state index in [2.05, 4.69) is 55.6 Å². The Kier molecular flexibility index (Phi) is 6.08. The summed E-state index contributed by atoms with van der Waals surface area (Å²) < 4.78 is 0. The highest BCUT2D eigenvalue weighted by atomic mass is 32.2. The Bertz CT molecular complexity index is 622. The van der Waals surface area contributed by atoms with E-state index in [1.54, 1.807) is 11.8 Å². The van der Waals surface area contributed by atoms with E-state index >= 15 is 0 Å². The third-order valence-corrected chi connectivity index (χ3v) is 4.69. The van der Waals surface area contributed by atoms with Crippen molar-refractivity contribution < 1.29 is 4.79 Å². The minimum absolute atomic E-state index is 0.0483. The Morgan fingerprint density at radius 1 is 1.09 bits per heavy atom. The highest BCUT2D eigenvalue weighted by molar-refractivity contribution is 7.99. The van der Waals surface area contributed by atoms with Crippen molar-refractivity contribution in [1.29, 1.82) is 0 Å². The molecule has 3 heteroatoms. The highest BCUT2D eigenvalue weighted by Crippen LogP contribution is 2.17. The fraction of sp³-hybridized carbons (Fsp3) is 0.316. The van der Waals surface area contributed by atoms with Gasteiger partial charge >= 0.3 is 0 Å². The Balaban J connectivity index is 1.78. The third kappa shape index (κ3) is 4.92. The molecule has 22 heavy (non-hydrogen) atoms. The summed E-state index contributed by atoms with van der Waals surface area (Å²) in [5.74, 6) is 1.45. The van der Waals surface area contributed by atoms with Gasteiger partial charge < -0.3 is 5.32 Å². The van der Waals surface area contributed by atoms with Gasteiger partial charge in [0, 0.05) is 5.75 Å². The van der Waals surface area contributed by atoms with E-state index in [0.29, 0.717) is 5.75 Å². The molecule has 1 amide bonds. The number of hydrogen-bond acceptors (Lipinski definition) is 2. The Hall–Kier alpha value is -1.74. The molecule has 0 radical (unpaired) electrons. The first-order valence-electron chi connectivity index (χ1n) is 7.54. The summed E-state index contributed by atoms with van der Waals surface area (Å²) in [4.78, 5) is 12.0. The quantitative estimate of drug-likeness (QED) is 0.855. The van der Waals surface area contributed by atoms with Crippen LogP contribution in [0, 0.1) is 13.8 Å². The number of thioether (sulfide) groups is 1. The molecule has 0 aliphatic heterocycles. The van der Waals surface area contributed by atoms with Crippen LogP contribution in [0.1, 0.15) is 35.2 Å². The molecule has 0 unspecified atom stereocenters. The van der Waals surface area contributed by atoms with Gasteiger partial charge in [-0.3, -0.25) is 4.79 Å². The summed E-state index contributed by atoms with van der Waals surface area (Å²) in [5.41, 5.74) is 4.95. The third-order valence-electron chi connectivity index (χ3n) is 3.71. The van der Waals surface area contributed by atoms with Crippen LogP contribution in [0.25, 0.3) is 0 Å². The van der Waals surface area contributed by atoms with Crippen LogP contribution in [0.3, 0.4) is 0 Å². The molecule has 2 rings (SSSR count). The van der Waals surface area contributed by atoms with E-state index in [-0.39, 0.29) is 11.9 Å². The predicted octanol–water partition coefficient (Wildman–Crippen LogP) is 4.41. The van der Waals surface area contributed by atoms with Crippen LogP contribution < -0.4 is 5.32 Å². The summed E-state index contributed by atoms with van der Waals surface area (Å²) >= 11 is 1.66. The maximum Gasteiger partial charge on any atom is 0.230 e. The highest BCUT2D eigenvalue weighted by Gasteiger charge is 2.09. The molecule has 1 N–H and O–H groups in total. The van der Waals surface area contributed by atoms with E-state index in [4.69, 9.17) is 0 Å². The normalized spacial score (nSPS) is 12.0. The summed E-state index contributed by atoms with van der Waals surface area (Å²) in [6.07, 6.45) is 0. The van der Waals surface area contributed by atoms with Gasteiger partial charge in [0.15, 0.2) is 0 Å². The molecule has 1 atom stereocenters. The zero-order valence-corrected chi connectivity index (χ0v) is 14.2. The molecule has 2 nitrogen and oxygen atoms in total. The standard InChI is InChI=1S/C19H23NOS/c1-14-8-10-17(11-9-14)16(3)20-19(21)13-22-12-18-7-5-4-6-15(18)2/h4-11,16H,12-13H2,1-3H3,(H,20,21)/t16-/m0/s1. The van der Waals surface area contributed by atoms with Crippen molar-refractivity contribution in [2.75, 3.05) is 5.75 Å². The SMILES string of the molecule is Cc1ccc([C@H](C)NC(=O)CSCc2ccccc2C)cc1. The molecule has 116 valence electrons. The maximum atomic E-state index is 12.0. The molecule has 0 saturated carbocycles. The molecule has 0 spiro atoms. The van der Waals surface area contributed by atoms with Crippen molar-refractivity contribution in [2.45, 2.75) is 32.6 Å². The smallest absolute Gasteiger partial charge is 0.230 e. The minimum Gasteiger partial charge on any atom is -0.349 e. The number of hydrogen-bond donors (Lipinski definition) is 1. The Labute approximate surface area is 137 Å². The summed E-state index contributed by atoms with van der Waals surface area (Å²) in [5, 5.41) is 3.06. The lowest BCUT2D eigenvalue weighted by atomic mass is 10.1. The molecule has 0 saturated heterocycles. The Morgan fingerprint density at radius 2 is 1.77 bits per heavy atom. The van der Waals surface area contributed by atoms with Crippen molar-refractivity contribution in [3.05, 3.63) is 70.8 Å². The number of carbonyl (C=O) groups is 1. The van der Waals surface area contributed by atoms with E-state index in [1.165, 1.54) is 16.7 Å². The molecule has 0 aromatic heterocycles. The van der Waals surface area contributed by atoms with Crippen LogP contribution in [0.2, 0.25) is 0 Å². The maximum absolute atomic E-state index is 12.0. The van der Waals surface area contributed by atoms with Crippen molar-refractivity contribution in [3.63, 3.8) is 0 Å². The fourth-order valence-corrected chi connectivity index (χ4v) is 3.16. The van der Waals surface area contributed by atoms with Crippen LogP contribution in [0.15, 0.2) is 48.5 Å². The number of rotatable bonds is 6. The number of nitrogens with one attached hydrogen (secondary N) is 1. The van der Waals surface area contributed by atoms with Gasteiger partial charge in [0.1, 0.15) is 0 Å². The number of benzene rings is 2. The molecule has 2 aromatic carbocycles. The molecule has 0 fully saturated rings. The first-order valence-corrected chi connectivity index (χ1v) is 8.70. The van der Waals surface area contributed by atoms with Gasteiger partial charge in [-0.25, -0.2) is 0 Å². The second-order valence-corrected chi connectivity index (χ2v) is 6.60. The first-order chi connectivity index (χ1) is 10.6. The van der Waals surface area contributed by atoms with Gasteiger partial charge in [-0.15, -0.1) is 11.8 Å². The predicted molar refractivity (Wildman–Crippen MR) is 95.1 cm³/mol. The first kappa shape index (κ1) is 16.6. The van der Waals surface area contributed by atoms with Gasteiger partial charge in [0.2, 0.25) is 5.91 Å². The minimum atomic E-state index is 0.0483. The van der Waals surface area contributed by atoms with Crippen LogP contribution in [0.4, 0.5) is 0 Å². The van der Waals surface area contributed by atoms with Crippen LogP contribution >= 0.6 is 11.8 Å². The Morgan fingerprint density at radius 3 is 2.45 bits per heavy atom. The lowest BCUT2D eigenvalue weighted by molar-refractivity contribution is -0.119. The second-order valence-electron chi connectivity index (χ2n) is 5.62. The van der Waals surface area contributed by atoms with Crippen molar-refractivity contribution in [1.82, 2.24) is 5.32 Å². The monoisotopic (exact) mass is 313 g/mol. The molecule has 0 bridgehead atoms. The van der Waals surface area contributed by atoms with E-state index in [0.717, 1.165) is 11.3 Å². The van der Waals surface area contributed by atoms with Crippen molar-refractivity contribution >= 4 is 17.7 Å². The van der Waals surface area contributed by atoms with E-state index < -0.39 is 0 Å². The summed E-state index contributed by atoms with van der Waals surface area (Å²) in [6, 6.07) is 16.6.